The van der Waals surface area contributed by atoms with Crippen LogP contribution < -0.4 is 21.3 Å². The van der Waals surface area contributed by atoms with Gasteiger partial charge in [0.25, 0.3) is 0 Å². The molecule has 0 aliphatic carbocycles. The average Bonchev–Trinajstić information content (AvgIpc) is 3.15. The Labute approximate surface area is 188 Å². The van der Waals surface area contributed by atoms with E-state index < -0.39 is 11.7 Å². The number of nitrogens with zero attached hydrogens (tertiary/aromatic N) is 3. The van der Waals surface area contributed by atoms with Gasteiger partial charge in [0.2, 0.25) is 5.95 Å². The maximum atomic E-state index is 13.1. The zero-order chi connectivity index (χ0) is 21.5. The molecule has 6 nitrogen and oxygen atoms in total. The second-order valence-corrected chi connectivity index (χ2v) is 7.66. The predicted octanol–water partition coefficient (Wildman–Crippen LogP) is 4.85. The second-order valence-electron chi connectivity index (χ2n) is 7.22. The molecule has 0 amide bonds. The minimum Gasteiger partial charge on any atom is -0.399 e. The molecule has 0 saturated carbocycles. The lowest BCUT2D eigenvalue weighted by molar-refractivity contribution is -0.137. The van der Waals surface area contributed by atoms with Gasteiger partial charge < -0.3 is 21.3 Å². The summed E-state index contributed by atoms with van der Waals surface area (Å²) in [4.78, 5) is 11.2. The Balaban J connectivity index is 0.00000272. The van der Waals surface area contributed by atoms with Gasteiger partial charge in [-0.05, 0) is 49.9 Å². The average molecular weight is 473 g/mol. The summed E-state index contributed by atoms with van der Waals surface area (Å²) in [5.74, 6) is 0.878. The highest BCUT2D eigenvalue weighted by atomic mass is 35.5. The van der Waals surface area contributed by atoms with Crippen LogP contribution in [0.5, 0.6) is 0 Å². The molecule has 0 unspecified atom stereocenters. The van der Waals surface area contributed by atoms with Crippen LogP contribution in [0.1, 0.15) is 12.0 Å². The molecule has 1 aromatic heterocycles. The van der Waals surface area contributed by atoms with E-state index in [1.807, 2.05) is 13.1 Å². The van der Waals surface area contributed by atoms with Gasteiger partial charge in [0.1, 0.15) is 5.82 Å². The number of hydrogen-bond donors (Lipinski definition) is 3. The maximum Gasteiger partial charge on any atom is 0.416 e. The molecule has 1 atom stereocenters. The molecular formula is C20H21Cl2F3N6. The van der Waals surface area contributed by atoms with E-state index in [1.165, 1.54) is 6.07 Å². The van der Waals surface area contributed by atoms with Crippen LogP contribution in [0.25, 0.3) is 10.9 Å². The fourth-order valence-electron chi connectivity index (χ4n) is 3.59. The first-order valence-electron chi connectivity index (χ1n) is 9.37. The summed E-state index contributed by atoms with van der Waals surface area (Å²) < 4.78 is 39.4. The Morgan fingerprint density at radius 1 is 1.16 bits per heavy atom. The Morgan fingerprint density at radius 2 is 1.94 bits per heavy atom. The smallest absolute Gasteiger partial charge is 0.399 e. The number of nitrogens with one attached hydrogen (secondary N) is 2. The minimum atomic E-state index is -4.51. The fraction of sp³-hybridized carbons (Fsp3) is 0.300. The topological polar surface area (TPSA) is 79.1 Å². The number of nitrogens with two attached hydrogens (primary N) is 1. The molecule has 4 N–H and O–H groups in total. The van der Waals surface area contributed by atoms with Gasteiger partial charge in [-0.3, -0.25) is 0 Å². The van der Waals surface area contributed by atoms with Crippen LogP contribution in [0.2, 0.25) is 5.02 Å². The molecular weight excluding hydrogens is 452 g/mol. The summed E-state index contributed by atoms with van der Waals surface area (Å²) in [5.41, 5.74) is 5.57. The molecule has 0 spiro atoms. The Hall–Kier alpha value is -2.49. The van der Waals surface area contributed by atoms with Gasteiger partial charge in [-0.15, -0.1) is 12.4 Å². The molecule has 2 aromatic carbocycles. The Bertz CT molecular complexity index is 1090. The number of hydrogen-bond acceptors (Lipinski definition) is 6. The molecule has 2 heterocycles. The van der Waals surface area contributed by atoms with Crippen molar-refractivity contribution in [3.05, 3.63) is 47.0 Å². The summed E-state index contributed by atoms with van der Waals surface area (Å²) in [7, 11) is 1.91. The van der Waals surface area contributed by atoms with Crippen LogP contribution in [0.4, 0.5) is 36.3 Å². The van der Waals surface area contributed by atoms with Crippen LogP contribution in [-0.4, -0.2) is 36.1 Å². The molecule has 166 valence electrons. The van der Waals surface area contributed by atoms with Crippen molar-refractivity contribution >= 4 is 58.1 Å². The van der Waals surface area contributed by atoms with Gasteiger partial charge >= 0.3 is 6.18 Å². The summed E-state index contributed by atoms with van der Waals surface area (Å²) >= 11 is 6.13. The SMILES string of the molecule is CN[C@H]1CCN(c2nc(Nc3cc(N)cc(C(F)(F)F)c3)nc3cc(Cl)ccc23)C1.Cl. The van der Waals surface area contributed by atoms with E-state index in [4.69, 9.17) is 17.3 Å². The summed E-state index contributed by atoms with van der Waals surface area (Å²) in [6.45, 7) is 1.57. The van der Waals surface area contributed by atoms with E-state index in [1.54, 1.807) is 12.1 Å². The monoisotopic (exact) mass is 472 g/mol. The zero-order valence-corrected chi connectivity index (χ0v) is 18.1. The molecule has 11 heteroatoms. The van der Waals surface area contributed by atoms with Crippen LogP contribution in [0.3, 0.4) is 0 Å². The van der Waals surface area contributed by atoms with Crippen LogP contribution >= 0.6 is 24.0 Å². The quantitative estimate of drug-likeness (QED) is 0.471. The molecule has 1 saturated heterocycles. The Morgan fingerprint density at radius 3 is 2.61 bits per heavy atom. The van der Waals surface area contributed by atoms with E-state index in [9.17, 15) is 13.2 Å². The van der Waals surface area contributed by atoms with Crippen molar-refractivity contribution < 1.29 is 13.2 Å². The minimum absolute atomic E-state index is 0. The third kappa shape index (κ3) is 5.06. The van der Waals surface area contributed by atoms with Gasteiger partial charge in [-0.1, -0.05) is 11.6 Å². The van der Waals surface area contributed by atoms with E-state index in [2.05, 4.69) is 25.5 Å². The number of aromatic nitrogens is 2. The molecule has 0 radical (unpaired) electrons. The number of anilines is 4. The van der Waals surface area contributed by atoms with Gasteiger partial charge in [0.15, 0.2) is 0 Å². The lowest BCUT2D eigenvalue weighted by atomic mass is 10.1. The highest BCUT2D eigenvalue weighted by molar-refractivity contribution is 6.31. The van der Waals surface area contributed by atoms with Gasteiger partial charge in [0.05, 0.1) is 11.1 Å². The number of rotatable bonds is 4. The molecule has 0 bridgehead atoms. The third-order valence-corrected chi connectivity index (χ3v) is 5.31. The van der Waals surface area contributed by atoms with Crippen LogP contribution in [0.15, 0.2) is 36.4 Å². The first kappa shape index (κ1) is 23.2. The summed E-state index contributed by atoms with van der Waals surface area (Å²) in [5, 5.41) is 7.46. The Kier molecular flexibility index (Phi) is 6.68. The molecule has 1 aliphatic rings. The van der Waals surface area contributed by atoms with Crippen molar-refractivity contribution in [3.8, 4) is 0 Å². The highest BCUT2D eigenvalue weighted by Crippen LogP contribution is 2.34. The molecule has 4 rings (SSSR count). The van der Waals surface area contributed by atoms with E-state index in [0.717, 1.165) is 37.0 Å². The van der Waals surface area contributed by atoms with E-state index in [-0.39, 0.29) is 29.7 Å². The van der Waals surface area contributed by atoms with Crippen molar-refractivity contribution in [1.82, 2.24) is 15.3 Å². The number of halogens is 5. The number of fused-ring (bicyclic) bond motifs is 1. The van der Waals surface area contributed by atoms with Gasteiger partial charge in [-0.2, -0.15) is 18.2 Å². The molecule has 3 aromatic rings. The van der Waals surface area contributed by atoms with Crippen LogP contribution in [0, 0.1) is 0 Å². The highest BCUT2D eigenvalue weighted by Gasteiger charge is 2.31. The van der Waals surface area contributed by atoms with Crippen molar-refractivity contribution in [3.63, 3.8) is 0 Å². The lowest BCUT2D eigenvalue weighted by Crippen LogP contribution is -2.30. The second kappa shape index (κ2) is 8.94. The lowest BCUT2D eigenvalue weighted by Gasteiger charge is -2.20. The first-order valence-corrected chi connectivity index (χ1v) is 9.75. The number of nitrogen functional groups attached to an aromatic ring is 1. The van der Waals surface area contributed by atoms with E-state index in [0.29, 0.717) is 22.4 Å². The van der Waals surface area contributed by atoms with Crippen molar-refractivity contribution in [2.45, 2.75) is 18.6 Å². The molecule has 1 aliphatic heterocycles. The summed E-state index contributed by atoms with van der Waals surface area (Å²) in [6, 6.07) is 8.94. The zero-order valence-electron chi connectivity index (χ0n) is 16.5. The third-order valence-electron chi connectivity index (χ3n) is 5.07. The van der Waals surface area contributed by atoms with Crippen molar-refractivity contribution in [2.24, 2.45) is 0 Å². The fourth-order valence-corrected chi connectivity index (χ4v) is 3.75. The normalized spacial score (nSPS) is 16.4. The van der Waals surface area contributed by atoms with Crippen LogP contribution in [-0.2, 0) is 6.18 Å². The van der Waals surface area contributed by atoms with E-state index >= 15 is 0 Å². The van der Waals surface area contributed by atoms with Gasteiger partial charge in [0, 0.05) is 40.9 Å². The first-order chi connectivity index (χ1) is 14.2. The predicted molar refractivity (Wildman–Crippen MR) is 121 cm³/mol. The van der Waals surface area contributed by atoms with Crippen molar-refractivity contribution in [2.75, 3.05) is 36.1 Å². The summed E-state index contributed by atoms with van der Waals surface area (Å²) in [6.07, 6.45) is -3.55. The number of likely N-dealkylation sites (N-methyl/N-ethyl adjacent to an activating group) is 1. The van der Waals surface area contributed by atoms with Crippen molar-refractivity contribution in [1.29, 1.82) is 0 Å². The maximum absolute atomic E-state index is 13.1. The molecule has 1 fully saturated rings. The number of alkyl halides is 3. The largest absolute Gasteiger partial charge is 0.416 e. The molecule has 31 heavy (non-hydrogen) atoms. The number of benzene rings is 2. The van der Waals surface area contributed by atoms with Gasteiger partial charge in [-0.25, -0.2) is 4.98 Å². The standard InChI is InChI=1S/C20H20ClF3N6.ClH/c1-26-14-4-5-30(10-14)18-16-3-2-12(21)8-17(16)28-19(29-18)27-15-7-11(20(22,23)24)6-13(25)9-15;/h2-3,6-9,14,26H,4-5,10,25H2,1H3,(H,27,28,29);1H/t14-;/m0./s1.